The first-order chi connectivity index (χ1) is 9.80. The number of nitrogens with zero attached hydrogens (tertiary/aromatic N) is 2. The second-order valence-corrected chi connectivity index (χ2v) is 8.42. The molecule has 1 heterocycles. The van der Waals surface area contributed by atoms with Gasteiger partial charge in [0, 0.05) is 25.6 Å². The molecule has 0 bridgehead atoms. The molecular weight excluding hydrogens is 292 g/mol. The van der Waals surface area contributed by atoms with Crippen LogP contribution in [0.5, 0.6) is 0 Å². The quantitative estimate of drug-likeness (QED) is 0.815. The van der Waals surface area contributed by atoms with Gasteiger partial charge in [-0.05, 0) is 25.7 Å². The van der Waals surface area contributed by atoms with Gasteiger partial charge in [0.25, 0.3) is 0 Å². The predicted octanol–water partition coefficient (Wildman–Crippen LogP) is 0.420. The van der Waals surface area contributed by atoms with Crippen molar-refractivity contribution < 1.29 is 18.3 Å². The molecular formula is C14H26N2O4S. The van der Waals surface area contributed by atoms with Crippen molar-refractivity contribution >= 4 is 15.9 Å². The molecule has 1 saturated carbocycles. The third kappa shape index (κ3) is 3.96. The summed E-state index contributed by atoms with van der Waals surface area (Å²) in [5.41, 5.74) is 0. The zero-order chi connectivity index (χ0) is 15.6. The van der Waals surface area contributed by atoms with Crippen LogP contribution >= 0.6 is 0 Å². The van der Waals surface area contributed by atoms with Crippen LogP contribution in [0.1, 0.15) is 38.5 Å². The largest absolute Gasteiger partial charge is 0.393 e. The fourth-order valence-corrected chi connectivity index (χ4v) is 3.88. The maximum Gasteiger partial charge on any atom is 0.238 e. The molecule has 3 atom stereocenters. The van der Waals surface area contributed by atoms with Crippen molar-refractivity contribution in [2.45, 2.75) is 50.7 Å². The molecule has 0 radical (unpaired) electrons. The number of amides is 1. The lowest BCUT2D eigenvalue weighted by atomic mass is 9.80. The number of carbonyl (C=O) groups excluding carboxylic acids is 1. The molecule has 1 N–H and O–H groups in total. The maximum atomic E-state index is 12.4. The average molecular weight is 318 g/mol. The van der Waals surface area contributed by atoms with Crippen LogP contribution in [-0.2, 0) is 14.8 Å². The molecule has 1 aliphatic carbocycles. The number of likely N-dealkylation sites (N-methyl/N-ethyl adjacent to an activating group) is 1. The summed E-state index contributed by atoms with van der Waals surface area (Å²) in [5.74, 6) is -0.00283. The van der Waals surface area contributed by atoms with E-state index in [-0.39, 0.29) is 30.5 Å². The number of likely N-dealkylation sites (tertiary alicyclic amines) is 1. The standard InChI is InChI=1S/C14H26N2O4S/c1-15(21(2,19)20)10-14(18)16-9-5-7-12(16)11-6-3-4-8-13(11)17/h11-13,17H,3-10H2,1-2H3. The van der Waals surface area contributed by atoms with Crippen LogP contribution < -0.4 is 0 Å². The Kier molecular flexibility index (Phi) is 5.27. The minimum absolute atomic E-state index is 0.0701. The van der Waals surface area contributed by atoms with E-state index < -0.39 is 10.0 Å². The molecule has 122 valence electrons. The van der Waals surface area contributed by atoms with Gasteiger partial charge in [-0.15, -0.1) is 0 Å². The van der Waals surface area contributed by atoms with Crippen molar-refractivity contribution in [2.24, 2.45) is 5.92 Å². The van der Waals surface area contributed by atoms with Gasteiger partial charge in [-0.3, -0.25) is 4.79 Å². The molecule has 1 saturated heterocycles. The molecule has 1 amide bonds. The molecule has 7 heteroatoms. The summed E-state index contributed by atoms with van der Waals surface area (Å²) in [4.78, 5) is 14.2. The molecule has 3 unspecified atom stereocenters. The summed E-state index contributed by atoms with van der Waals surface area (Å²) in [7, 11) is -1.92. The first-order valence-corrected chi connectivity index (χ1v) is 9.54. The van der Waals surface area contributed by atoms with Crippen molar-refractivity contribution in [3.63, 3.8) is 0 Å². The van der Waals surface area contributed by atoms with E-state index in [0.717, 1.165) is 49.1 Å². The van der Waals surface area contributed by atoms with Crippen LogP contribution in [0.3, 0.4) is 0 Å². The van der Waals surface area contributed by atoms with E-state index in [4.69, 9.17) is 0 Å². The Balaban J connectivity index is 2.02. The van der Waals surface area contributed by atoms with E-state index >= 15 is 0 Å². The van der Waals surface area contributed by atoms with Crippen LogP contribution in [0.15, 0.2) is 0 Å². The zero-order valence-electron chi connectivity index (χ0n) is 12.9. The van der Waals surface area contributed by atoms with Crippen molar-refractivity contribution in [2.75, 3.05) is 26.4 Å². The van der Waals surface area contributed by atoms with Crippen molar-refractivity contribution in [1.29, 1.82) is 0 Å². The van der Waals surface area contributed by atoms with Gasteiger partial charge in [0.15, 0.2) is 0 Å². The second-order valence-electron chi connectivity index (χ2n) is 6.33. The lowest BCUT2D eigenvalue weighted by Crippen LogP contribution is -2.48. The van der Waals surface area contributed by atoms with E-state index in [9.17, 15) is 18.3 Å². The van der Waals surface area contributed by atoms with Crippen LogP contribution in [-0.4, -0.2) is 67.2 Å². The molecule has 6 nitrogen and oxygen atoms in total. The molecule has 0 spiro atoms. The Bertz CT molecular complexity index is 479. The van der Waals surface area contributed by atoms with E-state index in [1.165, 1.54) is 7.05 Å². The van der Waals surface area contributed by atoms with Crippen molar-refractivity contribution in [1.82, 2.24) is 9.21 Å². The van der Waals surface area contributed by atoms with E-state index in [1.807, 2.05) is 0 Å². The van der Waals surface area contributed by atoms with Gasteiger partial charge >= 0.3 is 0 Å². The van der Waals surface area contributed by atoms with Crippen LogP contribution in [0, 0.1) is 5.92 Å². The number of sulfonamides is 1. The Morgan fingerprint density at radius 3 is 2.52 bits per heavy atom. The normalized spacial score (nSPS) is 30.9. The smallest absolute Gasteiger partial charge is 0.238 e. The Morgan fingerprint density at radius 2 is 1.90 bits per heavy atom. The first-order valence-electron chi connectivity index (χ1n) is 7.69. The molecule has 0 aromatic rings. The molecule has 2 fully saturated rings. The lowest BCUT2D eigenvalue weighted by molar-refractivity contribution is -0.134. The Morgan fingerprint density at radius 1 is 1.24 bits per heavy atom. The van der Waals surface area contributed by atoms with Gasteiger partial charge in [0.2, 0.25) is 15.9 Å². The monoisotopic (exact) mass is 318 g/mol. The van der Waals surface area contributed by atoms with Gasteiger partial charge in [-0.2, -0.15) is 4.31 Å². The number of hydrogen-bond donors (Lipinski definition) is 1. The van der Waals surface area contributed by atoms with Gasteiger partial charge in [0.05, 0.1) is 18.9 Å². The van der Waals surface area contributed by atoms with Gasteiger partial charge in [-0.1, -0.05) is 12.8 Å². The summed E-state index contributed by atoms with van der Waals surface area (Å²) in [6.45, 7) is 0.558. The lowest BCUT2D eigenvalue weighted by Gasteiger charge is -2.37. The third-order valence-electron chi connectivity index (χ3n) is 4.82. The topological polar surface area (TPSA) is 77.9 Å². The fraction of sp³-hybridized carbons (Fsp3) is 0.929. The summed E-state index contributed by atoms with van der Waals surface area (Å²) in [5, 5.41) is 10.2. The Hall–Kier alpha value is -0.660. The highest BCUT2D eigenvalue weighted by molar-refractivity contribution is 7.88. The van der Waals surface area contributed by atoms with Crippen LogP contribution in [0.25, 0.3) is 0 Å². The summed E-state index contributed by atoms with van der Waals surface area (Å²) < 4.78 is 23.9. The van der Waals surface area contributed by atoms with Gasteiger partial charge < -0.3 is 10.0 Å². The second kappa shape index (κ2) is 6.62. The minimum atomic E-state index is -3.34. The number of carbonyl (C=O) groups is 1. The predicted molar refractivity (Wildman–Crippen MR) is 80.2 cm³/mol. The van der Waals surface area contributed by atoms with Crippen molar-refractivity contribution in [3.8, 4) is 0 Å². The number of aliphatic hydroxyl groups excluding tert-OH is 1. The zero-order valence-corrected chi connectivity index (χ0v) is 13.7. The van der Waals surface area contributed by atoms with E-state index in [2.05, 4.69) is 0 Å². The molecule has 1 aliphatic heterocycles. The highest BCUT2D eigenvalue weighted by Gasteiger charge is 2.39. The number of hydrogen-bond acceptors (Lipinski definition) is 4. The summed E-state index contributed by atoms with van der Waals surface area (Å²) in [6.07, 6.45) is 6.54. The van der Waals surface area contributed by atoms with E-state index in [0.29, 0.717) is 6.54 Å². The highest BCUT2D eigenvalue weighted by atomic mass is 32.2. The molecule has 0 aromatic heterocycles. The van der Waals surface area contributed by atoms with Crippen LogP contribution in [0.4, 0.5) is 0 Å². The Labute approximate surface area is 127 Å². The van der Waals surface area contributed by atoms with Gasteiger partial charge in [-0.25, -0.2) is 8.42 Å². The van der Waals surface area contributed by atoms with Crippen molar-refractivity contribution in [3.05, 3.63) is 0 Å². The van der Waals surface area contributed by atoms with E-state index in [1.54, 1.807) is 4.90 Å². The maximum absolute atomic E-state index is 12.4. The fourth-order valence-electron chi connectivity index (χ4n) is 3.53. The number of rotatable bonds is 4. The highest BCUT2D eigenvalue weighted by Crippen LogP contribution is 2.34. The average Bonchev–Trinajstić information content (AvgIpc) is 2.87. The minimum Gasteiger partial charge on any atom is -0.393 e. The third-order valence-corrected chi connectivity index (χ3v) is 6.08. The number of aliphatic hydroxyl groups is 1. The first kappa shape index (κ1) is 16.7. The molecule has 2 rings (SSSR count). The molecule has 21 heavy (non-hydrogen) atoms. The van der Waals surface area contributed by atoms with Crippen LogP contribution in [0.2, 0.25) is 0 Å². The molecule has 0 aromatic carbocycles. The molecule has 2 aliphatic rings. The van der Waals surface area contributed by atoms with Gasteiger partial charge in [0.1, 0.15) is 0 Å². The summed E-state index contributed by atoms with van der Waals surface area (Å²) >= 11 is 0. The summed E-state index contributed by atoms with van der Waals surface area (Å²) in [6, 6.07) is 0.0701. The SMILES string of the molecule is CN(CC(=O)N1CCCC1C1CCCCC1O)S(C)(=O)=O.